The first-order valence-electron chi connectivity index (χ1n) is 5.46. The number of aryl methyl sites for hydroxylation is 2. The Morgan fingerprint density at radius 2 is 2.28 bits per heavy atom. The van der Waals surface area contributed by atoms with Crippen LogP contribution in [-0.2, 0) is 13.5 Å². The highest BCUT2D eigenvalue weighted by Crippen LogP contribution is 2.26. The second kappa shape index (κ2) is 5.04. The molecule has 18 heavy (non-hydrogen) atoms. The van der Waals surface area contributed by atoms with Gasteiger partial charge in [0.2, 0.25) is 0 Å². The first-order valence-corrected chi connectivity index (χ1v) is 5.84. The highest BCUT2D eigenvalue weighted by atomic mass is 35.5. The van der Waals surface area contributed by atoms with E-state index < -0.39 is 11.9 Å². The van der Waals surface area contributed by atoms with Gasteiger partial charge in [-0.15, -0.1) is 0 Å². The van der Waals surface area contributed by atoms with E-state index in [0.717, 1.165) is 17.5 Å². The van der Waals surface area contributed by atoms with Crippen molar-refractivity contribution in [1.29, 1.82) is 0 Å². The molecule has 0 aromatic carbocycles. The molecule has 0 fully saturated rings. The first kappa shape index (κ1) is 13.0. The summed E-state index contributed by atoms with van der Waals surface area (Å²) < 4.78 is 15.0. The Morgan fingerprint density at radius 3 is 2.83 bits per heavy atom. The van der Waals surface area contributed by atoms with Crippen molar-refractivity contribution in [3.8, 4) is 0 Å². The summed E-state index contributed by atoms with van der Waals surface area (Å²) in [6.45, 7) is 1.80. The maximum atomic E-state index is 13.5. The highest BCUT2D eigenvalue weighted by Gasteiger charge is 2.19. The quantitative estimate of drug-likeness (QED) is 0.929. The molecule has 1 N–H and O–H groups in total. The number of hydrogen-bond acceptors (Lipinski definition) is 3. The second-order valence-corrected chi connectivity index (χ2v) is 4.45. The number of aliphatic hydroxyl groups is 1. The largest absolute Gasteiger partial charge is 0.388 e. The minimum atomic E-state index is -0.964. The summed E-state index contributed by atoms with van der Waals surface area (Å²) in [7, 11) is 1.72. The Balaban J connectivity index is 2.27. The zero-order valence-electron chi connectivity index (χ0n) is 10.1. The van der Waals surface area contributed by atoms with Crippen LogP contribution in [0.4, 0.5) is 4.39 Å². The van der Waals surface area contributed by atoms with Gasteiger partial charge in [-0.2, -0.15) is 5.10 Å². The molecule has 1 atom stereocenters. The van der Waals surface area contributed by atoms with E-state index in [2.05, 4.69) is 10.1 Å². The summed E-state index contributed by atoms with van der Waals surface area (Å²) in [4.78, 5) is 3.64. The Hall–Kier alpha value is -1.46. The van der Waals surface area contributed by atoms with Gasteiger partial charge in [-0.05, 0) is 13.0 Å². The SMILES string of the molecule is Cc1nn(C)c(Cl)c1CC(O)c1ccncc1F. The van der Waals surface area contributed by atoms with Crippen molar-refractivity contribution in [2.24, 2.45) is 7.05 Å². The summed E-state index contributed by atoms with van der Waals surface area (Å²) in [5.74, 6) is -0.525. The van der Waals surface area contributed by atoms with Gasteiger partial charge in [0, 0.05) is 30.8 Å². The number of nitrogens with zero attached hydrogens (tertiary/aromatic N) is 3. The van der Waals surface area contributed by atoms with Crippen molar-refractivity contribution >= 4 is 11.6 Å². The average Bonchev–Trinajstić information content (AvgIpc) is 2.56. The lowest BCUT2D eigenvalue weighted by Crippen LogP contribution is -2.05. The summed E-state index contributed by atoms with van der Waals surface area (Å²) in [6, 6.07) is 1.46. The summed E-state index contributed by atoms with van der Waals surface area (Å²) in [5, 5.41) is 14.7. The third-order valence-electron chi connectivity index (χ3n) is 2.83. The average molecular weight is 270 g/mol. The molecular formula is C12H13ClFN3O. The number of aliphatic hydroxyl groups excluding tert-OH is 1. The second-order valence-electron chi connectivity index (χ2n) is 4.10. The van der Waals surface area contributed by atoms with Crippen LogP contribution in [0.1, 0.15) is 22.9 Å². The third-order valence-corrected chi connectivity index (χ3v) is 3.30. The zero-order chi connectivity index (χ0) is 13.3. The van der Waals surface area contributed by atoms with Crippen LogP contribution < -0.4 is 0 Å². The Labute approximate surface area is 109 Å². The Morgan fingerprint density at radius 1 is 1.56 bits per heavy atom. The van der Waals surface area contributed by atoms with Crippen LogP contribution in [0, 0.1) is 12.7 Å². The van der Waals surface area contributed by atoms with Crippen molar-refractivity contribution in [3.05, 3.63) is 46.3 Å². The lowest BCUT2D eigenvalue weighted by atomic mass is 10.0. The first-order chi connectivity index (χ1) is 8.50. The fraction of sp³-hybridized carbons (Fsp3) is 0.333. The molecule has 0 bridgehead atoms. The van der Waals surface area contributed by atoms with Gasteiger partial charge in [0.25, 0.3) is 0 Å². The van der Waals surface area contributed by atoms with Gasteiger partial charge in [0.15, 0.2) is 0 Å². The van der Waals surface area contributed by atoms with Crippen molar-refractivity contribution in [2.75, 3.05) is 0 Å². The van der Waals surface area contributed by atoms with E-state index in [-0.39, 0.29) is 12.0 Å². The van der Waals surface area contributed by atoms with Crippen LogP contribution >= 0.6 is 11.6 Å². The van der Waals surface area contributed by atoms with Crippen LogP contribution in [0.3, 0.4) is 0 Å². The van der Waals surface area contributed by atoms with Gasteiger partial charge < -0.3 is 5.11 Å². The van der Waals surface area contributed by atoms with Crippen LogP contribution in [-0.4, -0.2) is 19.9 Å². The molecule has 96 valence electrons. The highest BCUT2D eigenvalue weighted by molar-refractivity contribution is 6.30. The molecule has 0 saturated carbocycles. The number of pyridine rings is 1. The minimum absolute atomic E-state index is 0.212. The van der Waals surface area contributed by atoms with Gasteiger partial charge in [-0.3, -0.25) is 9.67 Å². The lowest BCUT2D eigenvalue weighted by Gasteiger charge is -2.11. The van der Waals surface area contributed by atoms with Crippen molar-refractivity contribution in [1.82, 2.24) is 14.8 Å². The molecule has 0 saturated heterocycles. The fourth-order valence-electron chi connectivity index (χ4n) is 1.87. The fourth-order valence-corrected chi connectivity index (χ4v) is 2.12. The van der Waals surface area contributed by atoms with Gasteiger partial charge in [0.1, 0.15) is 11.0 Å². The Kier molecular flexibility index (Phi) is 3.63. The van der Waals surface area contributed by atoms with Gasteiger partial charge >= 0.3 is 0 Å². The predicted molar refractivity (Wildman–Crippen MR) is 65.8 cm³/mol. The molecule has 2 heterocycles. The van der Waals surface area contributed by atoms with E-state index >= 15 is 0 Å². The van der Waals surface area contributed by atoms with Crippen molar-refractivity contribution in [2.45, 2.75) is 19.4 Å². The number of rotatable bonds is 3. The van der Waals surface area contributed by atoms with Crippen LogP contribution in [0.5, 0.6) is 0 Å². The summed E-state index contributed by atoms with van der Waals surface area (Å²) in [5.41, 5.74) is 1.67. The lowest BCUT2D eigenvalue weighted by molar-refractivity contribution is 0.173. The van der Waals surface area contributed by atoms with Gasteiger partial charge in [-0.25, -0.2) is 4.39 Å². The van der Waals surface area contributed by atoms with Crippen LogP contribution in [0.15, 0.2) is 18.5 Å². The molecular weight excluding hydrogens is 257 g/mol. The van der Waals surface area contributed by atoms with Crippen LogP contribution in [0.2, 0.25) is 5.15 Å². The van der Waals surface area contributed by atoms with E-state index in [1.165, 1.54) is 16.9 Å². The standard InChI is InChI=1S/C12H13ClFN3O/c1-7-9(12(13)17(2)16-7)5-11(18)8-3-4-15-6-10(8)14/h3-4,6,11,18H,5H2,1-2H3. The monoisotopic (exact) mass is 269 g/mol. The van der Waals surface area contributed by atoms with E-state index in [1.54, 1.807) is 14.0 Å². The number of hydrogen-bond donors (Lipinski definition) is 1. The van der Waals surface area contributed by atoms with E-state index in [0.29, 0.717) is 5.15 Å². The predicted octanol–water partition coefficient (Wildman–Crippen LogP) is 2.19. The van der Waals surface area contributed by atoms with Crippen molar-refractivity contribution < 1.29 is 9.50 Å². The van der Waals surface area contributed by atoms with Crippen LogP contribution in [0.25, 0.3) is 0 Å². The number of halogens is 2. The van der Waals surface area contributed by atoms with Gasteiger partial charge in [-0.1, -0.05) is 11.6 Å². The minimum Gasteiger partial charge on any atom is -0.388 e. The Bertz CT molecular complexity index is 570. The summed E-state index contributed by atoms with van der Waals surface area (Å²) >= 11 is 6.07. The van der Waals surface area contributed by atoms with E-state index in [9.17, 15) is 9.50 Å². The topological polar surface area (TPSA) is 50.9 Å². The molecule has 2 rings (SSSR count). The summed E-state index contributed by atoms with van der Waals surface area (Å²) in [6.07, 6.45) is 1.78. The molecule has 0 amide bonds. The molecule has 2 aromatic rings. The smallest absolute Gasteiger partial charge is 0.147 e. The molecule has 0 aliphatic rings. The third kappa shape index (κ3) is 2.37. The molecule has 0 aliphatic heterocycles. The maximum absolute atomic E-state index is 13.5. The van der Waals surface area contributed by atoms with E-state index in [1.807, 2.05) is 0 Å². The molecule has 0 radical (unpaired) electrons. The molecule has 0 aliphatic carbocycles. The zero-order valence-corrected chi connectivity index (χ0v) is 10.8. The normalized spacial score (nSPS) is 12.7. The molecule has 0 spiro atoms. The maximum Gasteiger partial charge on any atom is 0.147 e. The van der Waals surface area contributed by atoms with Crippen molar-refractivity contribution in [3.63, 3.8) is 0 Å². The molecule has 1 unspecified atom stereocenters. The van der Waals surface area contributed by atoms with E-state index in [4.69, 9.17) is 11.6 Å². The molecule has 2 aromatic heterocycles. The number of aromatic nitrogens is 3. The van der Waals surface area contributed by atoms with Gasteiger partial charge in [0.05, 0.1) is 18.0 Å². The molecule has 4 nitrogen and oxygen atoms in total. The molecule has 6 heteroatoms.